The molecule has 4 fully saturated rings. The quantitative estimate of drug-likeness (QED) is 0.0419. The predicted molar refractivity (Wildman–Crippen MR) is 285 cm³/mol. The zero-order valence-corrected chi connectivity index (χ0v) is 45.3. The molecule has 0 radical (unpaired) electrons. The fourth-order valence-corrected chi connectivity index (χ4v) is 13.7. The van der Waals surface area contributed by atoms with Crippen LogP contribution in [0.4, 0.5) is 26.9 Å². The van der Waals surface area contributed by atoms with Gasteiger partial charge >= 0.3 is 12.2 Å². The number of rotatable bonds is 16. The number of aromatic amines is 2. The molecule has 4 aliphatic carbocycles. The van der Waals surface area contributed by atoms with Crippen molar-refractivity contribution in [3.8, 4) is 20.9 Å². The number of hydrogen-bond acceptors (Lipinski definition) is 16. The number of nitrogens with zero attached hydrogens (tertiary/aromatic N) is 4. The third-order valence-electron chi connectivity index (χ3n) is 12.4. The number of aromatic nitrogens is 6. The first-order valence-corrected chi connectivity index (χ1v) is 29.9. The molecule has 2 aromatic carbocycles. The molecule has 0 unspecified atom stereocenters. The van der Waals surface area contributed by atoms with Crippen molar-refractivity contribution in [3.05, 3.63) is 88.3 Å². The summed E-state index contributed by atoms with van der Waals surface area (Å²) in [7, 11) is -7.38. The number of amides is 2. The summed E-state index contributed by atoms with van der Waals surface area (Å²) in [5.41, 5.74) is 8.09. The summed E-state index contributed by atoms with van der Waals surface area (Å²) >= 11 is 6.17. The Morgan fingerprint density at radius 3 is 1.56 bits per heavy atom. The number of sulfonamides is 2. The Labute approximate surface area is 441 Å². The highest BCUT2D eigenvalue weighted by Gasteiger charge is 2.32. The third kappa shape index (κ3) is 15.3. The highest BCUT2D eigenvalue weighted by Crippen LogP contribution is 2.42. The number of nitrogen functional groups attached to an aromatic ring is 1. The Balaban J connectivity index is 0.000000176. The van der Waals surface area contributed by atoms with E-state index in [2.05, 4.69) is 71.2 Å². The molecular weight excluding hydrogens is 1080 g/mol. The van der Waals surface area contributed by atoms with Gasteiger partial charge in [-0.25, -0.2) is 55.8 Å². The van der Waals surface area contributed by atoms with Gasteiger partial charge < -0.3 is 41.1 Å². The van der Waals surface area contributed by atoms with Crippen LogP contribution in [0.5, 0.6) is 0 Å². The molecular formula is C48H61BrN12O8S4. The number of H-pyrrole nitrogens is 2. The lowest BCUT2D eigenvalue weighted by Crippen LogP contribution is -2.38. The van der Waals surface area contributed by atoms with Gasteiger partial charge in [0.1, 0.15) is 12.2 Å². The number of carbonyl (C=O) groups is 2. The first kappa shape index (κ1) is 53.8. The maximum atomic E-state index is 13.1. The van der Waals surface area contributed by atoms with Crippen molar-refractivity contribution < 1.29 is 35.9 Å². The Kier molecular flexibility index (Phi) is 18.2. The summed E-state index contributed by atoms with van der Waals surface area (Å²) in [6.07, 6.45) is 20.9. The minimum absolute atomic E-state index is 0.103. The molecule has 0 bridgehead atoms. The highest BCUT2D eigenvalue weighted by molar-refractivity contribution is 9.10. The molecule has 4 aromatic heterocycles. The third-order valence-corrected chi connectivity index (χ3v) is 18.4. The van der Waals surface area contributed by atoms with Crippen molar-refractivity contribution in [3.63, 3.8) is 0 Å². The Bertz CT molecular complexity index is 2990. The average molecular weight is 1140 g/mol. The molecule has 2 amide bonds. The average Bonchev–Trinajstić information content (AvgIpc) is 3.98. The zero-order valence-electron chi connectivity index (χ0n) is 40.4. The Morgan fingerprint density at radius 1 is 0.658 bits per heavy atom. The number of ether oxygens (including phenoxy) is 2. The first-order chi connectivity index (χ1) is 35.2. The molecule has 4 saturated carbocycles. The van der Waals surface area contributed by atoms with E-state index in [4.69, 9.17) is 15.2 Å². The van der Waals surface area contributed by atoms with Gasteiger partial charge in [0, 0.05) is 96.7 Å². The maximum Gasteiger partial charge on any atom is 0.407 e. The summed E-state index contributed by atoms with van der Waals surface area (Å²) in [6, 6.07) is 10.4. The number of nitrogens with two attached hydrogens (primary N) is 1. The minimum atomic E-state index is -3.72. The molecule has 73 heavy (non-hydrogen) atoms. The van der Waals surface area contributed by atoms with Crippen LogP contribution < -0.4 is 31.1 Å². The number of benzene rings is 2. The molecule has 4 aliphatic rings. The van der Waals surface area contributed by atoms with E-state index in [9.17, 15) is 26.4 Å². The van der Waals surface area contributed by atoms with Crippen LogP contribution in [0.25, 0.3) is 20.9 Å². The minimum Gasteiger partial charge on any atom is -0.446 e. The fourth-order valence-electron chi connectivity index (χ4n) is 8.49. The van der Waals surface area contributed by atoms with E-state index in [1.54, 1.807) is 75.3 Å². The number of anilines is 3. The van der Waals surface area contributed by atoms with E-state index in [0.717, 1.165) is 102 Å². The van der Waals surface area contributed by atoms with Crippen molar-refractivity contribution >= 4 is 88.2 Å². The summed E-state index contributed by atoms with van der Waals surface area (Å²) in [5, 5.41) is 11.0. The van der Waals surface area contributed by atoms with E-state index in [0.29, 0.717) is 40.9 Å². The van der Waals surface area contributed by atoms with Gasteiger partial charge in [0.2, 0.25) is 26.0 Å². The lowest BCUT2D eigenvalue weighted by Gasteiger charge is -2.27. The second-order valence-corrected chi connectivity index (χ2v) is 24.5. The molecule has 9 N–H and O–H groups in total. The standard InChI is InChI=1S/C24H30N6O4S2.C21H28N4O4S2.C3H3BrN2/c1-2-28-36(32,33)21-13-17(29-23-25-11-12-26-23)7-10-19(21)20-14-27-22(35-20)15-3-5-16(6-4-15)30-24(31)34-18-8-9-18;1-2-24-31(27,28)19-11-14(22)5-10-17(19)18-12-23-20(30-18)13-3-6-15(7-4-13)25-21(26)29-16-8-9-16;4-3-5-1-2-6-3/h7,10-16,18,28H,2-6,8-9H2,1H3,(H,30,31)(H2,25,26,29);5,10-13,15-16,24H,2-4,6-9,22H2,1H3,(H,25,26);1-2H,(H,5,6). The summed E-state index contributed by atoms with van der Waals surface area (Å²) < 4.78 is 67.9. The van der Waals surface area contributed by atoms with E-state index in [1.807, 2.05) is 6.07 Å². The van der Waals surface area contributed by atoms with Crippen molar-refractivity contribution in [2.45, 2.75) is 137 Å². The van der Waals surface area contributed by atoms with Gasteiger partial charge in [0.25, 0.3) is 0 Å². The molecule has 0 spiro atoms. The Morgan fingerprint density at radius 2 is 1.14 bits per heavy atom. The molecule has 0 atom stereocenters. The van der Waals surface area contributed by atoms with E-state index in [1.165, 1.54) is 28.7 Å². The molecule has 6 aromatic rings. The highest BCUT2D eigenvalue weighted by atomic mass is 79.9. The topological polar surface area (TPSA) is 290 Å². The van der Waals surface area contributed by atoms with Gasteiger partial charge in [0.15, 0.2) is 4.73 Å². The van der Waals surface area contributed by atoms with Crippen LogP contribution in [0.3, 0.4) is 0 Å². The predicted octanol–water partition coefficient (Wildman–Crippen LogP) is 9.27. The smallest absolute Gasteiger partial charge is 0.407 e. The summed E-state index contributed by atoms with van der Waals surface area (Å²) in [6.45, 7) is 4.09. The van der Waals surface area contributed by atoms with Crippen LogP contribution in [-0.2, 0) is 29.5 Å². The van der Waals surface area contributed by atoms with Crippen LogP contribution in [0.1, 0.15) is 113 Å². The van der Waals surface area contributed by atoms with Gasteiger partial charge in [-0.1, -0.05) is 26.0 Å². The number of imidazole rings is 2. The number of alkyl carbamates (subject to hydrolysis) is 2. The van der Waals surface area contributed by atoms with E-state index < -0.39 is 20.0 Å². The normalized spacial score (nSPS) is 19.8. The monoisotopic (exact) mass is 1140 g/mol. The molecule has 20 nitrogen and oxygen atoms in total. The first-order valence-electron chi connectivity index (χ1n) is 24.5. The van der Waals surface area contributed by atoms with Crippen molar-refractivity contribution in [2.75, 3.05) is 24.1 Å². The van der Waals surface area contributed by atoms with Crippen LogP contribution in [-0.4, -0.2) is 96.3 Å². The number of carbonyl (C=O) groups excluding carboxylic acids is 2. The van der Waals surface area contributed by atoms with Gasteiger partial charge in [-0.05, 0) is 117 Å². The zero-order chi connectivity index (χ0) is 51.5. The SMILES string of the molecule is Brc1ncc[nH]1.CCNS(=O)(=O)c1cc(N)ccc1-c1cnc(C2CCC(NC(=O)OC3CC3)CC2)s1.CCNS(=O)(=O)c1cc(Nc2ncc[nH]2)ccc1-c1cnc(C2CCC(NC(=O)OC3CC3)CC2)s1. The second-order valence-electron chi connectivity index (χ2n) is 18.1. The molecule has 392 valence electrons. The number of halogens is 1. The number of hydrogen-bond donors (Lipinski definition) is 8. The van der Waals surface area contributed by atoms with Crippen LogP contribution in [0.2, 0.25) is 0 Å². The summed E-state index contributed by atoms with van der Waals surface area (Å²) in [5.74, 6) is 1.12. The van der Waals surface area contributed by atoms with Gasteiger partial charge in [-0.15, -0.1) is 22.7 Å². The maximum absolute atomic E-state index is 13.1. The van der Waals surface area contributed by atoms with Crippen molar-refractivity contribution in [2.24, 2.45) is 0 Å². The van der Waals surface area contributed by atoms with Crippen molar-refractivity contribution in [1.29, 1.82) is 0 Å². The van der Waals surface area contributed by atoms with E-state index >= 15 is 0 Å². The van der Waals surface area contributed by atoms with Gasteiger partial charge in [-0.2, -0.15) is 0 Å². The van der Waals surface area contributed by atoms with Crippen LogP contribution in [0.15, 0.2) is 88.1 Å². The van der Waals surface area contributed by atoms with Crippen LogP contribution in [0, 0.1) is 0 Å². The van der Waals surface area contributed by atoms with Gasteiger partial charge in [0.05, 0.1) is 29.6 Å². The number of thiazole rings is 2. The summed E-state index contributed by atoms with van der Waals surface area (Å²) in [4.78, 5) is 48.7. The fraction of sp³-hybridized carbons (Fsp3) is 0.458. The molecule has 4 heterocycles. The molecule has 10 rings (SSSR count). The largest absolute Gasteiger partial charge is 0.446 e. The van der Waals surface area contributed by atoms with Crippen LogP contribution >= 0.6 is 38.6 Å². The Hall–Kier alpha value is -5.44. The molecule has 25 heteroatoms. The number of nitrogens with one attached hydrogen (secondary N) is 7. The van der Waals surface area contributed by atoms with Crippen molar-refractivity contribution in [1.82, 2.24) is 50.0 Å². The lowest BCUT2D eigenvalue weighted by molar-refractivity contribution is 0.131. The molecule has 0 aliphatic heterocycles. The van der Waals surface area contributed by atoms with E-state index in [-0.39, 0.29) is 58.7 Å². The second kappa shape index (κ2) is 24.7. The van der Waals surface area contributed by atoms with Gasteiger partial charge in [-0.3, -0.25) is 0 Å². The lowest BCUT2D eigenvalue weighted by atomic mass is 9.86. The molecule has 0 saturated heterocycles.